The minimum absolute atomic E-state index is 0.298. The van der Waals surface area contributed by atoms with Gasteiger partial charge in [-0.1, -0.05) is 11.6 Å². The Kier molecular flexibility index (Phi) is 4.48. The smallest absolute Gasteiger partial charge is 0.319 e. The molecule has 0 saturated carbocycles. The van der Waals surface area contributed by atoms with Crippen LogP contribution in [0.2, 0.25) is 5.02 Å². The number of aromatic amines is 1. The predicted octanol–water partition coefficient (Wildman–Crippen LogP) is 4.49. The lowest BCUT2D eigenvalue weighted by atomic mass is 10.1. The Balaban J connectivity index is 2.45. The molecule has 1 aromatic carbocycles. The SMILES string of the molecule is O=C(Nc1ccc(F)cc1Cl)c1n[nH]c(C(F)(F)F)c1C(F)(F)F. The van der Waals surface area contributed by atoms with Gasteiger partial charge in [0, 0.05) is 0 Å². The summed E-state index contributed by atoms with van der Waals surface area (Å²) in [7, 11) is 0. The molecule has 1 aromatic heterocycles. The number of H-pyrrole nitrogens is 1. The standard InChI is InChI=1S/C12H5ClF7N3O/c13-5-3-4(14)1-2-6(5)21-10(24)8-7(11(15,16)17)9(23-22-8)12(18,19)20/h1-3H,(H,21,24)(H,22,23). The van der Waals surface area contributed by atoms with E-state index in [2.05, 4.69) is 5.10 Å². The highest BCUT2D eigenvalue weighted by atomic mass is 35.5. The van der Waals surface area contributed by atoms with Crippen molar-refractivity contribution >= 4 is 23.2 Å². The zero-order chi connectivity index (χ0) is 18.3. The first-order chi connectivity index (χ1) is 10.9. The Morgan fingerprint density at radius 3 is 2.25 bits per heavy atom. The van der Waals surface area contributed by atoms with E-state index in [1.165, 1.54) is 0 Å². The van der Waals surface area contributed by atoms with Gasteiger partial charge in [-0.15, -0.1) is 0 Å². The summed E-state index contributed by atoms with van der Waals surface area (Å²) in [6.45, 7) is 0. The number of hydrogen-bond donors (Lipinski definition) is 2. The van der Waals surface area contributed by atoms with Gasteiger partial charge in [-0.25, -0.2) is 4.39 Å². The molecule has 0 fully saturated rings. The Labute approximate surface area is 133 Å². The van der Waals surface area contributed by atoms with Gasteiger partial charge >= 0.3 is 12.4 Å². The first-order valence-corrected chi connectivity index (χ1v) is 6.28. The summed E-state index contributed by atoms with van der Waals surface area (Å²) in [5, 5.41) is 5.45. The van der Waals surface area contributed by atoms with Crippen molar-refractivity contribution in [2.45, 2.75) is 12.4 Å². The van der Waals surface area contributed by atoms with Crippen molar-refractivity contribution in [3.63, 3.8) is 0 Å². The second-order valence-electron chi connectivity index (χ2n) is 4.40. The maximum absolute atomic E-state index is 12.9. The molecule has 12 heteroatoms. The molecule has 4 nitrogen and oxygen atoms in total. The second kappa shape index (κ2) is 5.96. The predicted molar refractivity (Wildman–Crippen MR) is 68.0 cm³/mol. The van der Waals surface area contributed by atoms with Crippen molar-refractivity contribution in [1.29, 1.82) is 0 Å². The van der Waals surface area contributed by atoms with Crippen molar-refractivity contribution in [3.8, 4) is 0 Å². The van der Waals surface area contributed by atoms with Crippen molar-refractivity contribution < 1.29 is 35.5 Å². The molecule has 130 valence electrons. The number of rotatable bonds is 2. The number of nitrogens with one attached hydrogen (secondary N) is 2. The fourth-order valence-corrected chi connectivity index (χ4v) is 1.97. The molecular formula is C12H5ClF7N3O. The number of alkyl halides is 6. The number of hydrogen-bond acceptors (Lipinski definition) is 2. The topological polar surface area (TPSA) is 57.8 Å². The van der Waals surface area contributed by atoms with Crippen molar-refractivity contribution in [1.82, 2.24) is 10.2 Å². The van der Waals surface area contributed by atoms with Gasteiger partial charge in [-0.05, 0) is 18.2 Å². The number of carbonyl (C=O) groups excluding carboxylic acids is 1. The molecular weight excluding hydrogens is 371 g/mol. The molecule has 0 spiro atoms. The van der Waals surface area contributed by atoms with Crippen LogP contribution in [-0.4, -0.2) is 16.1 Å². The van der Waals surface area contributed by atoms with Crippen LogP contribution in [0.15, 0.2) is 18.2 Å². The summed E-state index contributed by atoms with van der Waals surface area (Å²) >= 11 is 5.58. The maximum Gasteiger partial charge on any atom is 0.433 e. The van der Waals surface area contributed by atoms with Crippen LogP contribution in [0.25, 0.3) is 0 Å². The van der Waals surface area contributed by atoms with Crippen molar-refractivity contribution in [2.75, 3.05) is 5.32 Å². The zero-order valence-electron chi connectivity index (χ0n) is 11.1. The molecule has 2 N–H and O–H groups in total. The molecule has 0 saturated heterocycles. The maximum atomic E-state index is 12.9. The molecule has 0 unspecified atom stereocenters. The van der Waals surface area contributed by atoms with Gasteiger partial charge in [-0.3, -0.25) is 9.89 Å². The lowest BCUT2D eigenvalue weighted by Gasteiger charge is -2.12. The van der Waals surface area contributed by atoms with E-state index in [1.807, 2.05) is 5.32 Å². The van der Waals surface area contributed by atoms with E-state index in [4.69, 9.17) is 11.6 Å². The molecule has 24 heavy (non-hydrogen) atoms. The van der Waals surface area contributed by atoms with Crippen LogP contribution in [0.1, 0.15) is 21.7 Å². The Bertz CT molecular complexity index is 782. The number of anilines is 1. The third-order valence-electron chi connectivity index (χ3n) is 2.73. The van der Waals surface area contributed by atoms with Crippen LogP contribution in [-0.2, 0) is 12.4 Å². The van der Waals surface area contributed by atoms with E-state index in [-0.39, 0.29) is 10.7 Å². The number of carbonyl (C=O) groups is 1. The number of amides is 1. The molecule has 0 bridgehead atoms. The van der Waals surface area contributed by atoms with Gasteiger partial charge in [0.1, 0.15) is 11.4 Å². The van der Waals surface area contributed by atoms with E-state index in [0.29, 0.717) is 0 Å². The van der Waals surface area contributed by atoms with Crippen LogP contribution >= 0.6 is 11.6 Å². The highest BCUT2D eigenvalue weighted by Crippen LogP contribution is 2.41. The zero-order valence-corrected chi connectivity index (χ0v) is 11.9. The summed E-state index contributed by atoms with van der Waals surface area (Å²) in [5.74, 6) is -2.38. The van der Waals surface area contributed by atoms with Gasteiger partial charge in [-0.2, -0.15) is 31.4 Å². The van der Waals surface area contributed by atoms with Crippen LogP contribution in [0, 0.1) is 5.82 Å². The van der Waals surface area contributed by atoms with Gasteiger partial charge in [0.2, 0.25) is 0 Å². The lowest BCUT2D eigenvalue weighted by Crippen LogP contribution is -2.21. The average Bonchev–Trinajstić information content (AvgIpc) is 2.86. The molecule has 0 radical (unpaired) electrons. The van der Waals surface area contributed by atoms with E-state index in [0.717, 1.165) is 23.3 Å². The minimum Gasteiger partial charge on any atom is -0.319 e. The third-order valence-corrected chi connectivity index (χ3v) is 3.04. The molecule has 2 rings (SSSR count). The van der Waals surface area contributed by atoms with Gasteiger partial charge in [0.05, 0.1) is 10.7 Å². The number of benzene rings is 1. The van der Waals surface area contributed by atoms with Gasteiger partial charge < -0.3 is 5.32 Å². The first-order valence-electron chi connectivity index (χ1n) is 5.90. The number of aromatic nitrogens is 2. The van der Waals surface area contributed by atoms with Gasteiger partial charge in [0.25, 0.3) is 5.91 Å². The van der Waals surface area contributed by atoms with Crippen molar-refractivity contribution in [3.05, 3.63) is 46.0 Å². The second-order valence-corrected chi connectivity index (χ2v) is 4.80. The van der Waals surface area contributed by atoms with E-state index < -0.39 is 41.0 Å². The third kappa shape index (κ3) is 3.61. The fourth-order valence-electron chi connectivity index (χ4n) is 1.76. The Morgan fingerprint density at radius 2 is 1.75 bits per heavy atom. The minimum atomic E-state index is -5.49. The summed E-state index contributed by atoms with van der Waals surface area (Å²) in [5.41, 5.74) is -6.28. The normalized spacial score (nSPS) is 12.3. The summed E-state index contributed by atoms with van der Waals surface area (Å²) in [6.07, 6.45) is -10.9. The quantitative estimate of drug-likeness (QED) is 0.760. The van der Waals surface area contributed by atoms with Crippen LogP contribution in [0.4, 0.5) is 36.4 Å². The molecule has 2 aromatic rings. The highest BCUT2D eigenvalue weighted by Gasteiger charge is 2.48. The Morgan fingerprint density at radius 1 is 1.12 bits per heavy atom. The summed E-state index contributed by atoms with van der Waals surface area (Å²) in [6, 6.07) is 2.53. The molecule has 1 amide bonds. The summed E-state index contributed by atoms with van der Waals surface area (Å²) in [4.78, 5) is 11.8. The van der Waals surface area contributed by atoms with Gasteiger partial charge in [0.15, 0.2) is 11.4 Å². The van der Waals surface area contributed by atoms with Crippen LogP contribution in [0.5, 0.6) is 0 Å². The monoisotopic (exact) mass is 375 g/mol. The summed E-state index contributed by atoms with van der Waals surface area (Å²) < 4.78 is 89.4. The van der Waals surface area contributed by atoms with E-state index in [9.17, 15) is 35.5 Å². The molecule has 0 aliphatic heterocycles. The van der Waals surface area contributed by atoms with Crippen LogP contribution < -0.4 is 5.32 Å². The van der Waals surface area contributed by atoms with E-state index in [1.54, 1.807) is 0 Å². The average molecular weight is 376 g/mol. The molecule has 0 aliphatic rings. The highest BCUT2D eigenvalue weighted by molar-refractivity contribution is 6.33. The lowest BCUT2D eigenvalue weighted by molar-refractivity contribution is -0.163. The molecule has 1 heterocycles. The first kappa shape index (κ1) is 18.0. The number of nitrogens with zero attached hydrogens (tertiary/aromatic N) is 1. The fraction of sp³-hybridized carbons (Fsp3) is 0.167. The van der Waals surface area contributed by atoms with Crippen molar-refractivity contribution in [2.24, 2.45) is 0 Å². The largest absolute Gasteiger partial charge is 0.433 e. The molecule has 0 aliphatic carbocycles. The molecule has 0 atom stereocenters. The Hall–Kier alpha value is -2.30. The van der Waals surface area contributed by atoms with Crippen LogP contribution in [0.3, 0.4) is 0 Å². The number of halogens is 8. The van der Waals surface area contributed by atoms with E-state index >= 15 is 0 Å².